The number of carbonyl (C=O) groups is 3. The number of piperazine rings is 1. The first-order valence-corrected chi connectivity index (χ1v) is 8.29. The molecule has 1 aromatic rings. The van der Waals surface area contributed by atoms with Crippen molar-refractivity contribution in [3.05, 3.63) is 17.5 Å². The average Bonchev–Trinajstić information content (AvgIpc) is 2.94. The molecule has 2 rings (SSSR count). The fraction of sp³-hybridized carbons (Fsp3) is 0.625. The summed E-state index contributed by atoms with van der Waals surface area (Å²) in [5, 5.41) is 3.45. The van der Waals surface area contributed by atoms with Crippen molar-refractivity contribution in [3.8, 4) is 0 Å². The number of aromatic nitrogens is 2. The molecule has 0 aliphatic carbocycles. The number of rotatable bonds is 3. The summed E-state index contributed by atoms with van der Waals surface area (Å²) in [6.45, 7) is 2.77. The molecule has 0 unspecified atom stereocenters. The molecule has 0 spiro atoms. The maximum Gasteiger partial charge on any atom is 0.435 e. The van der Waals surface area contributed by atoms with E-state index in [0.29, 0.717) is 0 Å². The monoisotopic (exact) mass is 389 g/mol. The largest absolute Gasteiger partial charge is 0.435 e. The van der Waals surface area contributed by atoms with Gasteiger partial charge in [0.25, 0.3) is 0 Å². The van der Waals surface area contributed by atoms with E-state index in [2.05, 4.69) is 5.10 Å². The summed E-state index contributed by atoms with van der Waals surface area (Å²) in [6.07, 6.45) is -4.59. The second-order valence-electron chi connectivity index (χ2n) is 6.63. The summed E-state index contributed by atoms with van der Waals surface area (Å²) >= 11 is 0. The number of carbonyl (C=O) groups excluding carboxylic acids is 3. The van der Waals surface area contributed by atoms with Crippen molar-refractivity contribution in [2.45, 2.75) is 32.6 Å². The van der Waals surface area contributed by atoms with E-state index >= 15 is 0 Å². The molecule has 27 heavy (non-hydrogen) atoms. The molecular formula is C16H22F3N5O3. The first-order valence-electron chi connectivity index (χ1n) is 8.29. The van der Waals surface area contributed by atoms with Crippen LogP contribution in [0, 0.1) is 6.92 Å². The van der Waals surface area contributed by atoms with Crippen LogP contribution in [0.25, 0.3) is 0 Å². The normalized spacial score (nSPS) is 17.8. The molecule has 11 heteroatoms. The zero-order valence-electron chi connectivity index (χ0n) is 15.6. The van der Waals surface area contributed by atoms with Crippen LogP contribution in [0.15, 0.2) is 6.07 Å². The zero-order chi connectivity index (χ0) is 20.5. The summed E-state index contributed by atoms with van der Waals surface area (Å²) in [7, 11) is 3.10. The van der Waals surface area contributed by atoms with Gasteiger partial charge in [-0.3, -0.25) is 19.1 Å². The number of amides is 3. The van der Waals surface area contributed by atoms with E-state index in [0.717, 1.165) is 10.7 Å². The van der Waals surface area contributed by atoms with Crippen molar-refractivity contribution in [2.24, 2.45) is 0 Å². The number of hydrogen-bond acceptors (Lipinski definition) is 4. The quantitative estimate of drug-likeness (QED) is 0.748. The molecule has 3 amide bonds. The minimum atomic E-state index is -4.59. The van der Waals surface area contributed by atoms with Gasteiger partial charge in [-0.2, -0.15) is 18.3 Å². The highest BCUT2D eigenvalue weighted by atomic mass is 19.4. The molecule has 150 valence electrons. The third kappa shape index (κ3) is 4.58. The molecule has 0 radical (unpaired) electrons. The Morgan fingerprint density at radius 1 is 1.26 bits per heavy atom. The third-order valence-corrected chi connectivity index (χ3v) is 4.42. The van der Waals surface area contributed by atoms with Crippen LogP contribution in [0.4, 0.5) is 13.2 Å². The number of hydrogen-bond donors (Lipinski definition) is 0. The summed E-state index contributed by atoms with van der Waals surface area (Å²) in [5.74, 6) is -1.06. The van der Waals surface area contributed by atoms with E-state index in [1.807, 2.05) is 0 Å². The number of alkyl halides is 3. The van der Waals surface area contributed by atoms with Crippen LogP contribution in [0.1, 0.15) is 18.3 Å². The van der Waals surface area contributed by atoms with Gasteiger partial charge in [0.05, 0.1) is 6.54 Å². The number of likely N-dealkylation sites (N-methyl/N-ethyl adjacent to an activating group) is 1. The van der Waals surface area contributed by atoms with Crippen molar-refractivity contribution in [1.29, 1.82) is 0 Å². The van der Waals surface area contributed by atoms with E-state index in [-0.39, 0.29) is 43.7 Å². The number of aryl methyl sites for hydroxylation is 1. The fourth-order valence-corrected chi connectivity index (χ4v) is 2.93. The van der Waals surface area contributed by atoms with Gasteiger partial charge in [0.2, 0.25) is 17.7 Å². The van der Waals surface area contributed by atoms with Crippen LogP contribution in [0.5, 0.6) is 0 Å². The zero-order valence-corrected chi connectivity index (χ0v) is 15.6. The van der Waals surface area contributed by atoms with Crippen LogP contribution < -0.4 is 0 Å². The lowest BCUT2D eigenvalue weighted by Gasteiger charge is -2.41. The fourth-order valence-electron chi connectivity index (χ4n) is 2.93. The highest BCUT2D eigenvalue weighted by Gasteiger charge is 2.37. The molecule has 0 saturated carbocycles. The van der Waals surface area contributed by atoms with Crippen molar-refractivity contribution < 1.29 is 27.6 Å². The van der Waals surface area contributed by atoms with E-state index in [1.54, 1.807) is 14.1 Å². The Morgan fingerprint density at radius 2 is 1.89 bits per heavy atom. The van der Waals surface area contributed by atoms with Gasteiger partial charge in [0.1, 0.15) is 12.6 Å². The third-order valence-electron chi connectivity index (χ3n) is 4.42. The number of halogens is 3. The molecule has 2 heterocycles. The van der Waals surface area contributed by atoms with Crippen LogP contribution in [-0.4, -0.2) is 82.0 Å². The van der Waals surface area contributed by atoms with Gasteiger partial charge < -0.3 is 14.7 Å². The summed E-state index contributed by atoms with van der Waals surface area (Å²) in [5.41, 5.74) is -0.853. The first-order chi connectivity index (χ1) is 12.4. The maximum atomic E-state index is 12.8. The molecule has 1 fully saturated rings. The number of nitrogens with zero attached hydrogens (tertiary/aromatic N) is 5. The van der Waals surface area contributed by atoms with Gasteiger partial charge >= 0.3 is 6.18 Å². The lowest BCUT2D eigenvalue weighted by molar-refractivity contribution is -0.151. The molecule has 0 aromatic carbocycles. The molecule has 1 saturated heterocycles. The molecule has 0 bridgehead atoms. The minimum absolute atomic E-state index is 0.0120. The van der Waals surface area contributed by atoms with Crippen LogP contribution in [0.3, 0.4) is 0 Å². The van der Waals surface area contributed by atoms with Crippen molar-refractivity contribution in [2.75, 3.05) is 33.7 Å². The van der Waals surface area contributed by atoms with Gasteiger partial charge in [-0.25, -0.2) is 0 Å². The van der Waals surface area contributed by atoms with Crippen LogP contribution in [0.2, 0.25) is 0 Å². The Hall–Kier alpha value is -2.59. The first kappa shape index (κ1) is 20.7. The van der Waals surface area contributed by atoms with Gasteiger partial charge in [-0.1, -0.05) is 0 Å². The molecule has 1 aromatic heterocycles. The highest BCUT2D eigenvalue weighted by Crippen LogP contribution is 2.28. The Balaban J connectivity index is 2.14. The highest BCUT2D eigenvalue weighted by molar-refractivity contribution is 5.88. The molecule has 1 aliphatic rings. The standard InChI is InChI=1S/C16H22F3N5O3/c1-10-7-13(16(17,18)19)20-24(10)9-14(26)22-5-6-23(11(2)25)12(8-22)15(27)21(3)4/h7,12H,5-6,8-9H2,1-4H3/t12-/m1/s1. The van der Waals surface area contributed by atoms with Crippen molar-refractivity contribution in [3.63, 3.8) is 0 Å². The van der Waals surface area contributed by atoms with Gasteiger partial charge in [-0.05, 0) is 13.0 Å². The van der Waals surface area contributed by atoms with Crippen molar-refractivity contribution >= 4 is 17.7 Å². The lowest BCUT2D eigenvalue weighted by Crippen LogP contribution is -2.61. The second kappa shape index (κ2) is 7.57. The Morgan fingerprint density at radius 3 is 2.37 bits per heavy atom. The summed E-state index contributed by atoms with van der Waals surface area (Å²) in [6, 6.07) is 0.0546. The summed E-state index contributed by atoms with van der Waals surface area (Å²) < 4.78 is 39.3. The molecule has 1 aliphatic heterocycles. The Bertz CT molecular complexity index is 744. The predicted octanol–water partition coefficient (Wildman–Crippen LogP) is 0.358. The van der Waals surface area contributed by atoms with Gasteiger partial charge in [0, 0.05) is 39.8 Å². The van der Waals surface area contributed by atoms with Gasteiger partial charge in [0.15, 0.2) is 5.69 Å². The molecule has 8 nitrogen and oxygen atoms in total. The van der Waals surface area contributed by atoms with Crippen LogP contribution in [-0.2, 0) is 27.1 Å². The topological polar surface area (TPSA) is 78.8 Å². The van der Waals surface area contributed by atoms with Crippen LogP contribution >= 0.6 is 0 Å². The lowest BCUT2D eigenvalue weighted by atomic mass is 10.1. The SMILES string of the molecule is CC(=O)N1CCN(C(=O)Cn2nc(C(F)(F)F)cc2C)C[C@@H]1C(=O)N(C)C. The molecular weight excluding hydrogens is 367 g/mol. The van der Waals surface area contributed by atoms with E-state index in [1.165, 1.54) is 28.5 Å². The average molecular weight is 389 g/mol. The van der Waals surface area contributed by atoms with E-state index in [9.17, 15) is 27.6 Å². The Labute approximate surface area is 154 Å². The molecule has 0 N–H and O–H groups in total. The van der Waals surface area contributed by atoms with E-state index < -0.39 is 23.8 Å². The maximum absolute atomic E-state index is 12.8. The minimum Gasteiger partial charge on any atom is -0.347 e. The van der Waals surface area contributed by atoms with Gasteiger partial charge in [-0.15, -0.1) is 0 Å². The van der Waals surface area contributed by atoms with E-state index in [4.69, 9.17) is 0 Å². The molecule has 1 atom stereocenters. The predicted molar refractivity (Wildman–Crippen MR) is 88.4 cm³/mol. The Kier molecular flexibility index (Phi) is 5.81. The van der Waals surface area contributed by atoms with Crippen molar-refractivity contribution in [1.82, 2.24) is 24.5 Å². The second-order valence-corrected chi connectivity index (χ2v) is 6.63. The smallest absolute Gasteiger partial charge is 0.347 e. The summed E-state index contributed by atoms with van der Waals surface area (Å²) in [4.78, 5) is 40.8.